The van der Waals surface area contributed by atoms with E-state index in [4.69, 9.17) is 21.4 Å². The number of nitrogen functional groups attached to an aromatic ring is 1. The summed E-state index contributed by atoms with van der Waals surface area (Å²) in [6, 6.07) is 18.1. The Labute approximate surface area is 193 Å². The van der Waals surface area contributed by atoms with Crippen molar-refractivity contribution in [3.05, 3.63) is 89.9 Å². The van der Waals surface area contributed by atoms with Gasteiger partial charge < -0.3 is 16.6 Å². The number of carbonyl (C=O) groups excluding carboxylic acids is 1. The minimum absolute atomic E-state index is 0.0296. The van der Waals surface area contributed by atoms with Gasteiger partial charge in [0.05, 0.1) is 23.4 Å². The highest BCUT2D eigenvalue weighted by molar-refractivity contribution is 6.00. The second-order valence-corrected chi connectivity index (χ2v) is 7.62. The van der Waals surface area contributed by atoms with Gasteiger partial charge in [0.2, 0.25) is 5.91 Å². The smallest absolute Gasteiger partial charge is 0.249 e. The molecule has 9 heteroatoms. The molecule has 0 bridgehead atoms. The number of benzene rings is 2. The summed E-state index contributed by atoms with van der Waals surface area (Å²) < 4.78 is 15.6. The van der Waals surface area contributed by atoms with E-state index in [9.17, 15) is 14.3 Å². The van der Waals surface area contributed by atoms with Crippen LogP contribution >= 0.6 is 0 Å². The lowest BCUT2D eigenvalue weighted by atomic mass is 10.0. The molecule has 5 N–H and O–H groups in total. The van der Waals surface area contributed by atoms with Crippen LogP contribution in [-0.2, 0) is 6.61 Å². The standard InChI is InChI=1S/C25H19FN6O2/c26-15-5-8-17(19(12-15)23(28)34)20-9-10-21-25(30-20)32(16-6-3-14(13-33)4-7-16)24(31-21)18-2-1-11-29-22(18)27/h1-12,33H,13H2,(H2,27,29)(H2,28,34). The average molecular weight is 454 g/mol. The Bertz CT molecular complexity index is 1550. The van der Waals surface area contributed by atoms with E-state index in [0.717, 1.165) is 17.3 Å². The molecule has 0 aliphatic carbocycles. The molecule has 0 saturated heterocycles. The molecule has 0 aliphatic heterocycles. The third kappa shape index (κ3) is 3.63. The van der Waals surface area contributed by atoms with Crippen LogP contribution in [0.4, 0.5) is 10.2 Å². The number of nitrogens with two attached hydrogens (primary N) is 2. The fourth-order valence-electron chi connectivity index (χ4n) is 3.83. The summed E-state index contributed by atoms with van der Waals surface area (Å²) in [7, 11) is 0. The first-order valence-corrected chi connectivity index (χ1v) is 10.4. The summed E-state index contributed by atoms with van der Waals surface area (Å²) in [5, 5.41) is 9.43. The van der Waals surface area contributed by atoms with Crippen molar-refractivity contribution in [1.29, 1.82) is 0 Å². The quantitative estimate of drug-likeness (QED) is 0.372. The van der Waals surface area contributed by atoms with Crippen LogP contribution in [0.5, 0.6) is 0 Å². The second-order valence-electron chi connectivity index (χ2n) is 7.62. The van der Waals surface area contributed by atoms with Crippen LogP contribution < -0.4 is 11.5 Å². The Balaban J connectivity index is 1.80. The van der Waals surface area contributed by atoms with Gasteiger partial charge in [-0.15, -0.1) is 0 Å². The van der Waals surface area contributed by atoms with Crippen molar-refractivity contribution >= 4 is 22.9 Å². The minimum Gasteiger partial charge on any atom is -0.392 e. The number of aliphatic hydroxyl groups excluding tert-OH is 1. The largest absolute Gasteiger partial charge is 0.392 e. The number of carbonyl (C=O) groups is 1. The van der Waals surface area contributed by atoms with Gasteiger partial charge in [0, 0.05) is 17.4 Å². The summed E-state index contributed by atoms with van der Waals surface area (Å²) in [5.41, 5.74) is 15.7. The van der Waals surface area contributed by atoms with Crippen molar-refractivity contribution in [1.82, 2.24) is 19.5 Å². The van der Waals surface area contributed by atoms with Gasteiger partial charge in [-0.1, -0.05) is 12.1 Å². The molecule has 34 heavy (non-hydrogen) atoms. The molecule has 0 fully saturated rings. The molecule has 0 saturated carbocycles. The summed E-state index contributed by atoms with van der Waals surface area (Å²) >= 11 is 0. The Morgan fingerprint density at radius 1 is 1.00 bits per heavy atom. The molecule has 1 amide bonds. The number of hydrogen-bond acceptors (Lipinski definition) is 6. The molecular weight excluding hydrogens is 435 g/mol. The van der Waals surface area contributed by atoms with Crippen LogP contribution in [0.2, 0.25) is 0 Å². The molecular formula is C25H19FN6O2. The average Bonchev–Trinajstić information content (AvgIpc) is 3.22. The van der Waals surface area contributed by atoms with E-state index in [0.29, 0.717) is 39.6 Å². The van der Waals surface area contributed by atoms with Gasteiger partial charge in [0.15, 0.2) is 11.5 Å². The summed E-state index contributed by atoms with van der Waals surface area (Å²) in [6.07, 6.45) is 1.60. The summed E-state index contributed by atoms with van der Waals surface area (Å²) in [6.45, 7) is -0.0871. The first kappa shape index (κ1) is 21.2. The van der Waals surface area contributed by atoms with Crippen molar-refractivity contribution in [3.8, 4) is 28.3 Å². The van der Waals surface area contributed by atoms with Crippen molar-refractivity contribution in [3.63, 3.8) is 0 Å². The Morgan fingerprint density at radius 2 is 1.79 bits per heavy atom. The summed E-state index contributed by atoms with van der Waals surface area (Å²) in [5.74, 6) is -0.493. The van der Waals surface area contributed by atoms with E-state index < -0.39 is 11.7 Å². The highest BCUT2D eigenvalue weighted by Gasteiger charge is 2.20. The molecule has 3 aromatic heterocycles. The van der Waals surface area contributed by atoms with Gasteiger partial charge in [0.25, 0.3) is 0 Å². The number of pyridine rings is 2. The van der Waals surface area contributed by atoms with Crippen molar-refractivity contribution in [2.24, 2.45) is 5.73 Å². The SMILES string of the molecule is NC(=O)c1cc(F)ccc1-c1ccc2nc(-c3cccnc3N)n(-c3ccc(CO)cc3)c2n1. The first-order chi connectivity index (χ1) is 16.5. The minimum atomic E-state index is -0.756. The third-order valence-corrected chi connectivity index (χ3v) is 5.48. The molecule has 0 atom stereocenters. The van der Waals surface area contributed by atoms with Gasteiger partial charge in [-0.2, -0.15) is 0 Å². The molecule has 5 aromatic rings. The molecule has 168 valence electrons. The molecule has 2 aromatic carbocycles. The van der Waals surface area contributed by atoms with E-state index >= 15 is 0 Å². The van der Waals surface area contributed by atoms with Crippen molar-refractivity contribution in [2.45, 2.75) is 6.61 Å². The number of rotatable bonds is 5. The number of hydrogen-bond donors (Lipinski definition) is 3. The highest BCUT2D eigenvalue weighted by Crippen LogP contribution is 2.32. The lowest BCUT2D eigenvalue weighted by Crippen LogP contribution is -2.13. The predicted molar refractivity (Wildman–Crippen MR) is 126 cm³/mol. The number of halogens is 1. The monoisotopic (exact) mass is 454 g/mol. The van der Waals surface area contributed by atoms with Crippen molar-refractivity contribution in [2.75, 3.05) is 5.73 Å². The van der Waals surface area contributed by atoms with Gasteiger partial charge in [0.1, 0.15) is 17.2 Å². The zero-order valence-corrected chi connectivity index (χ0v) is 17.8. The van der Waals surface area contributed by atoms with E-state index in [1.807, 2.05) is 22.8 Å². The number of aliphatic hydroxyl groups is 1. The number of fused-ring (bicyclic) bond motifs is 1. The highest BCUT2D eigenvalue weighted by atomic mass is 19.1. The van der Waals surface area contributed by atoms with Crippen molar-refractivity contribution < 1.29 is 14.3 Å². The lowest BCUT2D eigenvalue weighted by molar-refractivity contribution is 0.100. The number of imidazole rings is 1. The van der Waals surface area contributed by atoms with Crippen LogP contribution in [0, 0.1) is 5.82 Å². The third-order valence-electron chi connectivity index (χ3n) is 5.48. The topological polar surface area (TPSA) is 133 Å². The molecule has 0 radical (unpaired) electrons. The zero-order valence-electron chi connectivity index (χ0n) is 17.8. The predicted octanol–water partition coefficient (Wildman–Crippen LogP) is 3.46. The molecule has 8 nitrogen and oxygen atoms in total. The van der Waals surface area contributed by atoms with Crippen LogP contribution in [0.15, 0.2) is 72.9 Å². The zero-order chi connectivity index (χ0) is 23.8. The fourth-order valence-corrected chi connectivity index (χ4v) is 3.83. The van der Waals surface area contributed by atoms with Gasteiger partial charge in [-0.05, 0) is 60.2 Å². The first-order valence-electron chi connectivity index (χ1n) is 10.4. The fraction of sp³-hybridized carbons (Fsp3) is 0.0400. The molecule has 5 rings (SSSR count). The molecule has 3 heterocycles. The van der Waals surface area contributed by atoms with E-state index in [2.05, 4.69) is 4.98 Å². The van der Waals surface area contributed by atoms with E-state index in [-0.39, 0.29) is 12.2 Å². The number of amides is 1. The van der Waals surface area contributed by atoms with Crippen LogP contribution in [0.25, 0.3) is 39.5 Å². The molecule has 0 unspecified atom stereocenters. The maximum absolute atomic E-state index is 13.8. The van der Waals surface area contributed by atoms with Crippen LogP contribution in [-0.4, -0.2) is 30.5 Å². The Hall–Kier alpha value is -4.63. The second kappa shape index (κ2) is 8.38. The normalized spacial score (nSPS) is 11.1. The number of aromatic nitrogens is 4. The van der Waals surface area contributed by atoms with Crippen LogP contribution in [0.1, 0.15) is 15.9 Å². The van der Waals surface area contributed by atoms with E-state index in [1.165, 1.54) is 12.1 Å². The van der Waals surface area contributed by atoms with Gasteiger partial charge >= 0.3 is 0 Å². The van der Waals surface area contributed by atoms with Gasteiger partial charge in [-0.3, -0.25) is 9.36 Å². The number of anilines is 1. The molecule has 0 aliphatic rings. The lowest BCUT2D eigenvalue weighted by Gasteiger charge is -2.11. The number of primary amides is 1. The van der Waals surface area contributed by atoms with Gasteiger partial charge in [-0.25, -0.2) is 19.3 Å². The Kier molecular flexibility index (Phi) is 5.23. The Morgan fingerprint density at radius 3 is 2.50 bits per heavy atom. The maximum Gasteiger partial charge on any atom is 0.249 e. The molecule has 0 spiro atoms. The van der Waals surface area contributed by atoms with E-state index in [1.54, 1.807) is 36.5 Å². The van der Waals surface area contributed by atoms with Crippen LogP contribution in [0.3, 0.4) is 0 Å². The summed E-state index contributed by atoms with van der Waals surface area (Å²) in [4.78, 5) is 25.7. The maximum atomic E-state index is 13.8. The number of nitrogens with zero attached hydrogens (tertiary/aromatic N) is 4.